The maximum absolute atomic E-state index is 11.2. The molecule has 1 aromatic carbocycles. The Bertz CT molecular complexity index is 683. The fourth-order valence-electron chi connectivity index (χ4n) is 1.95. The summed E-state index contributed by atoms with van der Waals surface area (Å²) in [7, 11) is 0. The lowest BCUT2D eigenvalue weighted by Gasteiger charge is -2.05. The smallest absolute Gasteiger partial charge is 0.335 e. The van der Waals surface area contributed by atoms with Gasteiger partial charge in [-0.2, -0.15) is 5.26 Å². The molecular weight excluding hydrogens is 260 g/mol. The zero-order valence-electron chi connectivity index (χ0n) is 10.3. The first-order valence-corrected chi connectivity index (χ1v) is 6.45. The molecule has 0 amide bonds. The van der Waals surface area contributed by atoms with Crippen LogP contribution in [0, 0.1) is 18.3 Å². The van der Waals surface area contributed by atoms with Crippen molar-refractivity contribution in [2.75, 3.05) is 5.73 Å². The van der Waals surface area contributed by atoms with Gasteiger partial charge in [-0.15, -0.1) is 11.3 Å². The molecular formula is C14H12N2O2S. The maximum atomic E-state index is 11.2. The van der Waals surface area contributed by atoms with Gasteiger partial charge < -0.3 is 10.8 Å². The van der Waals surface area contributed by atoms with Gasteiger partial charge in [-0.05, 0) is 24.1 Å². The molecule has 0 unspecified atom stereocenters. The van der Waals surface area contributed by atoms with Crippen molar-refractivity contribution in [2.45, 2.75) is 13.3 Å². The van der Waals surface area contributed by atoms with Gasteiger partial charge in [0.15, 0.2) is 0 Å². The summed E-state index contributed by atoms with van der Waals surface area (Å²) in [6.45, 7) is 1.84. The second-order valence-electron chi connectivity index (χ2n) is 4.14. The first-order chi connectivity index (χ1) is 9.04. The van der Waals surface area contributed by atoms with Gasteiger partial charge >= 0.3 is 5.97 Å². The molecule has 0 atom stereocenters. The molecule has 0 bridgehead atoms. The van der Waals surface area contributed by atoms with E-state index in [1.807, 2.05) is 6.92 Å². The molecule has 1 aromatic heterocycles. The molecule has 4 nitrogen and oxygen atoms in total. The SMILES string of the molecule is Cc1c(Cc2ccccc2C(=O)O)sc(N)c1C#N. The molecule has 19 heavy (non-hydrogen) atoms. The number of nitrogen functional groups attached to an aromatic ring is 1. The van der Waals surface area contributed by atoms with E-state index in [2.05, 4.69) is 6.07 Å². The molecule has 0 saturated heterocycles. The molecule has 0 aliphatic rings. The van der Waals surface area contributed by atoms with E-state index in [0.717, 1.165) is 16.0 Å². The highest BCUT2D eigenvalue weighted by Crippen LogP contribution is 2.32. The van der Waals surface area contributed by atoms with Crippen LogP contribution in [0.4, 0.5) is 5.00 Å². The Balaban J connectivity index is 2.43. The molecule has 0 spiro atoms. The lowest BCUT2D eigenvalue weighted by Crippen LogP contribution is -2.02. The van der Waals surface area contributed by atoms with Crippen LogP contribution in [-0.2, 0) is 6.42 Å². The summed E-state index contributed by atoms with van der Waals surface area (Å²) in [5.74, 6) is -0.946. The second-order valence-corrected chi connectivity index (χ2v) is 5.28. The molecule has 3 N–H and O–H groups in total. The van der Waals surface area contributed by atoms with Gasteiger partial charge in [0.1, 0.15) is 11.1 Å². The highest BCUT2D eigenvalue weighted by Gasteiger charge is 2.15. The standard InChI is InChI=1S/C14H12N2O2S/c1-8-11(7-15)13(16)19-12(8)6-9-4-2-3-5-10(9)14(17)18/h2-5H,6,16H2,1H3,(H,17,18). The normalized spacial score (nSPS) is 10.1. The van der Waals surface area contributed by atoms with Crippen LogP contribution in [0.3, 0.4) is 0 Å². The summed E-state index contributed by atoms with van der Waals surface area (Å²) in [4.78, 5) is 12.1. The number of carboxylic acid groups (broad SMARTS) is 1. The summed E-state index contributed by atoms with van der Waals surface area (Å²) in [6.07, 6.45) is 0.477. The third-order valence-corrected chi connectivity index (χ3v) is 4.10. The molecule has 0 fully saturated rings. The van der Waals surface area contributed by atoms with Gasteiger partial charge in [0, 0.05) is 11.3 Å². The monoisotopic (exact) mass is 272 g/mol. The Morgan fingerprint density at radius 1 is 1.47 bits per heavy atom. The van der Waals surface area contributed by atoms with Crippen molar-refractivity contribution < 1.29 is 9.90 Å². The third-order valence-electron chi connectivity index (χ3n) is 2.98. The lowest BCUT2D eigenvalue weighted by molar-refractivity contribution is 0.0696. The van der Waals surface area contributed by atoms with E-state index < -0.39 is 5.97 Å². The predicted molar refractivity (Wildman–Crippen MR) is 74.4 cm³/mol. The Hall–Kier alpha value is -2.32. The van der Waals surface area contributed by atoms with Gasteiger partial charge in [0.2, 0.25) is 0 Å². The lowest BCUT2D eigenvalue weighted by atomic mass is 10.0. The van der Waals surface area contributed by atoms with E-state index in [0.29, 0.717) is 17.0 Å². The number of carboxylic acids is 1. The summed E-state index contributed by atoms with van der Waals surface area (Å²) >= 11 is 1.34. The highest BCUT2D eigenvalue weighted by atomic mass is 32.1. The van der Waals surface area contributed by atoms with Crippen molar-refractivity contribution in [1.82, 2.24) is 0 Å². The van der Waals surface area contributed by atoms with Crippen molar-refractivity contribution in [3.8, 4) is 6.07 Å². The Labute approximate surface area is 114 Å². The van der Waals surface area contributed by atoms with E-state index in [1.54, 1.807) is 24.3 Å². The van der Waals surface area contributed by atoms with E-state index in [-0.39, 0.29) is 5.56 Å². The van der Waals surface area contributed by atoms with Crippen molar-refractivity contribution in [3.63, 3.8) is 0 Å². The number of aromatic carboxylic acids is 1. The number of thiophene rings is 1. The van der Waals surface area contributed by atoms with Crippen LogP contribution in [0.2, 0.25) is 0 Å². The van der Waals surface area contributed by atoms with Gasteiger partial charge in [-0.1, -0.05) is 18.2 Å². The Morgan fingerprint density at radius 2 is 2.16 bits per heavy atom. The number of nitrogens with two attached hydrogens (primary N) is 1. The number of rotatable bonds is 3. The van der Waals surface area contributed by atoms with Gasteiger partial charge in [0.05, 0.1) is 11.1 Å². The van der Waals surface area contributed by atoms with Crippen LogP contribution < -0.4 is 5.73 Å². The minimum absolute atomic E-state index is 0.285. The Morgan fingerprint density at radius 3 is 2.74 bits per heavy atom. The van der Waals surface area contributed by atoms with E-state index >= 15 is 0 Å². The molecule has 2 aromatic rings. The topological polar surface area (TPSA) is 87.1 Å². The Kier molecular flexibility index (Phi) is 3.54. The number of nitrogens with zero attached hydrogens (tertiary/aromatic N) is 1. The number of carbonyl (C=O) groups is 1. The zero-order chi connectivity index (χ0) is 14.0. The summed E-state index contributed by atoms with van der Waals surface area (Å²) in [5, 5.41) is 18.6. The first kappa shape index (κ1) is 13.1. The number of hydrogen-bond donors (Lipinski definition) is 2. The fourth-order valence-corrected chi connectivity index (χ4v) is 3.00. The predicted octanol–water partition coefficient (Wildman–Crippen LogP) is 2.80. The maximum Gasteiger partial charge on any atom is 0.335 e. The minimum atomic E-state index is -0.946. The van der Waals surface area contributed by atoms with Crippen molar-refractivity contribution in [2.24, 2.45) is 0 Å². The molecule has 0 radical (unpaired) electrons. The molecule has 0 aliphatic carbocycles. The second kappa shape index (κ2) is 5.12. The van der Waals surface area contributed by atoms with E-state index in [9.17, 15) is 4.79 Å². The van der Waals surface area contributed by atoms with Crippen LogP contribution in [0.1, 0.15) is 31.9 Å². The average Bonchev–Trinajstić information content (AvgIpc) is 2.64. The quantitative estimate of drug-likeness (QED) is 0.899. The number of benzene rings is 1. The molecule has 2 rings (SSSR count). The van der Waals surface area contributed by atoms with Crippen LogP contribution >= 0.6 is 11.3 Å². The van der Waals surface area contributed by atoms with Gasteiger partial charge in [-0.3, -0.25) is 0 Å². The summed E-state index contributed by atoms with van der Waals surface area (Å²) < 4.78 is 0. The minimum Gasteiger partial charge on any atom is -0.478 e. The third kappa shape index (κ3) is 2.44. The number of nitriles is 1. The average molecular weight is 272 g/mol. The van der Waals surface area contributed by atoms with E-state index in [4.69, 9.17) is 16.1 Å². The van der Waals surface area contributed by atoms with Crippen molar-refractivity contribution in [3.05, 3.63) is 51.4 Å². The summed E-state index contributed by atoms with van der Waals surface area (Å²) in [6, 6.07) is 8.94. The van der Waals surface area contributed by atoms with E-state index in [1.165, 1.54) is 11.3 Å². The highest BCUT2D eigenvalue weighted by molar-refractivity contribution is 7.16. The zero-order valence-corrected chi connectivity index (χ0v) is 11.1. The van der Waals surface area contributed by atoms with Crippen molar-refractivity contribution >= 4 is 22.3 Å². The number of anilines is 1. The van der Waals surface area contributed by atoms with Gasteiger partial charge in [0.25, 0.3) is 0 Å². The fraction of sp³-hybridized carbons (Fsp3) is 0.143. The molecule has 0 saturated carbocycles. The van der Waals surface area contributed by atoms with Gasteiger partial charge in [-0.25, -0.2) is 4.79 Å². The van der Waals surface area contributed by atoms with Crippen LogP contribution in [0.5, 0.6) is 0 Å². The molecule has 96 valence electrons. The summed E-state index contributed by atoms with van der Waals surface area (Å²) in [5.41, 5.74) is 8.13. The van der Waals surface area contributed by atoms with Crippen LogP contribution in [0.15, 0.2) is 24.3 Å². The first-order valence-electron chi connectivity index (χ1n) is 5.63. The van der Waals surface area contributed by atoms with Crippen LogP contribution in [0.25, 0.3) is 0 Å². The molecule has 5 heteroatoms. The largest absolute Gasteiger partial charge is 0.478 e. The molecule has 0 aliphatic heterocycles. The molecule has 1 heterocycles. The van der Waals surface area contributed by atoms with Crippen molar-refractivity contribution in [1.29, 1.82) is 5.26 Å². The number of hydrogen-bond acceptors (Lipinski definition) is 4. The van der Waals surface area contributed by atoms with Crippen LogP contribution in [-0.4, -0.2) is 11.1 Å².